The monoisotopic (exact) mass is 346 g/mol. The van der Waals surface area contributed by atoms with Gasteiger partial charge in [-0.05, 0) is 74.0 Å². The van der Waals surface area contributed by atoms with E-state index in [0.29, 0.717) is 20.7 Å². The van der Waals surface area contributed by atoms with Gasteiger partial charge in [-0.25, -0.2) is 4.99 Å². The molecule has 3 rings (SSSR count). The second-order valence-corrected chi connectivity index (χ2v) is 6.32. The standard InChI is InChI=1S/C21H22BFN3/c1-15-6-3-4-7-17(15)9-10-18-14-16(2)21(25-18)19(11-12-24)20-8-5-13-26(20)22-23/h3-10,13-14H,11-12,24H2,1-2H3/b10-9+,21-19-. The van der Waals surface area contributed by atoms with Gasteiger partial charge < -0.3 is 14.5 Å². The lowest BCUT2D eigenvalue weighted by atomic mass is 10.0. The SMILES string of the molecule is CC1=CC(/C=C/c2ccccc2C)=NC/1=C(/CCN)c1cccn1[B]F. The topological polar surface area (TPSA) is 43.3 Å². The third kappa shape index (κ3) is 3.78. The van der Waals surface area contributed by atoms with Crippen LogP contribution in [0.5, 0.6) is 0 Å². The highest BCUT2D eigenvalue weighted by atomic mass is 19.1. The number of hydrogen-bond acceptors (Lipinski definition) is 2. The van der Waals surface area contributed by atoms with E-state index in [1.165, 1.54) is 15.6 Å². The molecule has 1 aromatic carbocycles. The minimum absolute atomic E-state index is 0.480. The number of nitrogens with zero attached hydrogens (tertiary/aromatic N) is 2. The van der Waals surface area contributed by atoms with Gasteiger partial charge in [0, 0.05) is 11.3 Å². The van der Waals surface area contributed by atoms with Gasteiger partial charge in [0.25, 0.3) is 0 Å². The highest BCUT2D eigenvalue weighted by Gasteiger charge is 2.18. The zero-order valence-electron chi connectivity index (χ0n) is 15.1. The fourth-order valence-electron chi connectivity index (χ4n) is 3.13. The molecule has 1 aliphatic rings. The summed E-state index contributed by atoms with van der Waals surface area (Å²) in [5.41, 5.74) is 12.8. The van der Waals surface area contributed by atoms with Crippen molar-refractivity contribution in [2.24, 2.45) is 10.7 Å². The quantitative estimate of drug-likeness (QED) is 0.778. The maximum Gasteiger partial charge on any atom is 0.495 e. The van der Waals surface area contributed by atoms with Crippen LogP contribution in [0.2, 0.25) is 0 Å². The Morgan fingerprint density at radius 3 is 2.73 bits per heavy atom. The van der Waals surface area contributed by atoms with Crippen molar-refractivity contribution in [2.75, 3.05) is 6.54 Å². The van der Waals surface area contributed by atoms with Crippen LogP contribution < -0.4 is 5.73 Å². The lowest BCUT2D eigenvalue weighted by molar-refractivity contribution is 0.830. The molecule has 0 fully saturated rings. The van der Waals surface area contributed by atoms with Crippen LogP contribution in [-0.2, 0) is 0 Å². The van der Waals surface area contributed by atoms with Crippen molar-refractivity contribution >= 4 is 25.1 Å². The van der Waals surface area contributed by atoms with Crippen molar-refractivity contribution in [1.82, 2.24) is 4.48 Å². The maximum atomic E-state index is 13.1. The van der Waals surface area contributed by atoms with Gasteiger partial charge in [-0.1, -0.05) is 30.3 Å². The molecule has 3 nitrogen and oxygen atoms in total. The molecule has 26 heavy (non-hydrogen) atoms. The third-order valence-electron chi connectivity index (χ3n) is 4.47. The number of nitrogens with two attached hydrogens (primary N) is 1. The molecule has 1 aliphatic heterocycles. The van der Waals surface area contributed by atoms with Gasteiger partial charge in [-0.2, -0.15) is 0 Å². The summed E-state index contributed by atoms with van der Waals surface area (Å²) in [4.78, 5) is 4.78. The Hall–Kier alpha value is -2.66. The summed E-state index contributed by atoms with van der Waals surface area (Å²) in [6.45, 7) is 4.59. The lowest BCUT2D eigenvalue weighted by Crippen LogP contribution is -2.08. The largest absolute Gasteiger partial charge is 0.495 e. The highest BCUT2D eigenvalue weighted by molar-refractivity contribution is 6.25. The molecule has 131 valence electrons. The molecule has 1 radical (unpaired) electrons. The van der Waals surface area contributed by atoms with Gasteiger partial charge in [0.1, 0.15) is 0 Å². The fourth-order valence-corrected chi connectivity index (χ4v) is 3.13. The second-order valence-electron chi connectivity index (χ2n) is 6.32. The fraction of sp³-hybridized carbons (Fsp3) is 0.190. The summed E-state index contributed by atoms with van der Waals surface area (Å²) in [7, 11) is 0.559. The van der Waals surface area contributed by atoms with E-state index in [4.69, 9.17) is 10.7 Å². The summed E-state index contributed by atoms with van der Waals surface area (Å²) in [5, 5.41) is 0. The van der Waals surface area contributed by atoms with E-state index < -0.39 is 0 Å². The third-order valence-corrected chi connectivity index (χ3v) is 4.47. The van der Waals surface area contributed by atoms with E-state index in [1.54, 1.807) is 6.20 Å². The normalized spacial score (nSPS) is 16.0. The highest BCUT2D eigenvalue weighted by Crippen LogP contribution is 2.31. The van der Waals surface area contributed by atoms with Crippen molar-refractivity contribution in [2.45, 2.75) is 20.3 Å². The summed E-state index contributed by atoms with van der Waals surface area (Å²) >= 11 is 0. The van der Waals surface area contributed by atoms with Gasteiger partial charge in [-0.15, -0.1) is 0 Å². The van der Waals surface area contributed by atoms with Crippen LogP contribution in [-0.4, -0.2) is 24.4 Å². The van der Waals surface area contributed by atoms with Crippen LogP contribution in [0.25, 0.3) is 11.6 Å². The van der Waals surface area contributed by atoms with Crippen molar-refractivity contribution in [3.8, 4) is 0 Å². The van der Waals surface area contributed by atoms with Gasteiger partial charge in [0.05, 0.1) is 11.4 Å². The molecular weight excluding hydrogens is 324 g/mol. The van der Waals surface area contributed by atoms with Gasteiger partial charge in [0.2, 0.25) is 0 Å². The Balaban J connectivity index is 1.98. The number of hydrogen-bond donors (Lipinski definition) is 1. The first kappa shape index (κ1) is 18.1. The first-order valence-electron chi connectivity index (χ1n) is 8.69. The van der Waals surface area contributed by atoms with Crippen molar-refractivity contribution in [1.29, 1.82) is 0 Å². The molecule has 0 bridgehead atoms. The molecule has 0 saturated heterocycles. The minimum Gasteiger partial charge on any atom is -0.365 e. The smallest absolute Gasteiger partial charge is 0.365 e. The zero-order valence-corrected chi connectivity index (χ0v) is 15.1. The van der Waals surface area contributed by atoms with Gasteiger partial charge in [-0.3, -0.25) is 0 Å². The van der Waals surface area contributed by atoms with E-state index in [0.717, 1.165) is 28.2 Å². The zero-order chi connectivity index (χ0) is 18.5. The van der Waals surface area contributed by atoms with Crippen LogP contribution in [0.4, 0.5) is 4.32 Å². The predicted molar refractivity (Wildman–Crippen MR) is 109 cm³/mol. The van der Waals surface area contributed by atoms with Crippen LogP contribution >= 0.6 is 0 Å². The number of benzene rings is 1. The molecule has 0 unspecified atom stereocenters. The second kappa shape index (κ2) is 8.15. The van der Waals surface area contributed by atoms with E-state index in [1.807, 2.05) is 43.3 Å². The first-order valence-corrected chi connectivity index (χ1v) is 8.69. The maximum absolute atomic E-state index is 13.1. The van der Waals surface area contributed by atoms with E-state index >= 15 is 0 Å². The van der Waals surface area contributed by atoms with E-state index in [2.05, 4.69) is 25.1 Å². The van der Waals surface area contributed by atoms with Crippen LogP contribution in [0.1, 0.15) is 30.2 Å². The molecule has 2 heterocycles. The molecule has 2 aromatic rings. The summed E-state index contributed by atoms with van der Waals surface area (Å²) in [6, 6.07) is 11.9. The molecule has 0 saturated carbocycles. The summed E-state index contributed by atoms with van der Waals surface area (Å²) in [5.74, 6) is 0. The number of aliphatic imine (C=N–C) groups is 1. The van der Waals surface area contributed by atoms with Crippen LogP contribution in [0.3, 0.4) is 0 Å². The molecule has 1 aromatic heterocycles. The van der Waals surface area contributed by atoms with Gasteiger partial charge in [0.15, 0.2) is 0 Å². The number of allylic oxidation sites excluding steroid dienone is 3. The number of halogens is 1. The van der Waals surface area contributed by atoms with Crippen LogP contribution in [0, 0.1) is 6.92 Å². The van der Waals surface area contributed by atoms with E-state index in [9.17, 15) is 4.32 Å². The predicted octanol–water partition coefficient (Wildman–Crippen LogP) is 4.32. The number of rotatable bonds is 6. The van der Waals surface area contributed by atoms with Crippen molar-refractivity contribution < 1.29 is 4.32 Å². The summed E-state index contributed by atoms with van der Waals surface area (Å²) < 4.78 is 14.6. The molecule has 0 aliphatic carbocycles. The first-order chi connectivity index (χ1) is 12.6. The lowest BCUT2D eigenvalue weighted by Gasteiger charge is -2.12. The molecule has 0 atom stereocenters. The van der Waals surface area contributed by atoms with Crippen molar-refractivity contribution in [3.63, 3.8) is 0 Å². The molecule has 0 amide bonds. The number of aryl methyl sites for hydroxylation is 1. The Kier molecular flexibility index (Phi) is 5.69. The van der Waals surface area contributed by atoms with Gasteiger partial charge >= 0.3 is 7.69 Å². The average Bonchev–Trinajstić information content (AvgIpc) is 3.25. The van der Waals surface area contributed by atoms with Crippen molar-refractivity contribution in [3.05, 3.63) is 82.8 Å². The Morgan fingerprint density at radius 1 is 1.19 bits per heavy atom. The van der Waals surface area contributed by atoms with Crippen LogP contribution in [0.15, 0.2) is 71.0 Å². The minimum atomic E-state index is 0.480. The molecule has 0 spiro atoms. The molecule has 5 heteroatoms. The van der Waals surface area contributed by atoms with E-state index in [-0.39, 0.29) is 0 Å². The Morgan fingerprint density at radius 2 is 2.00 bits per heavy atom. The Bertz CT molecular complexity index is 919. The Labute approximate surface area is 154 Å². The summed E-state index contributed by atoms with van der Waals surface area (Å²) in [6.07, 6.45) is 8.45. The average molecular weight is 346 g/mol. The number of aromatic nitrogens is 1. The molecular formula is C21H22BFN3. The molecule has 2 N–H and O–H groups in total.